The highest BCUT2D eigenvalue weighted by Gasteiger charge is 2.40. The quantitative estimate of drug-likeness (QED) is 0.739. The van der Waals surface area contributed by atoms with Crippen molar-refractivity contribution in [1.82, 2.24) is 24.2 Å². The van der Waals surface area contributed by atoms with Gasteiger partial charge in [-0.1, -0.05) is 6.07 Å². The third-order valence-electron chi connectivity index (χ3n) is 5.49. The van der Waals surface area contributed by atoms with E-state index in [4.69, 9.17) is 4.74 Å². The lowest BCUT2D eigenvalue weighted by Crippen LogP contribution is -2.43. The Hall–Kier alpha value is -2.48. The van der Waals surface area contributed by atoms with Crippen LogP contribution in [0.5, 0.6) is 5.88 Å². The standard InChI is InChI=1S/C18H23N5O3/c1-3-23-18(25)17(24)22-10-12-6-8-21(11-14(12)15(22)20-23)9-13-5-4-7-19-16(13)26-2/h4-5,7,12,14H,3,6,8-11H2,1-2H3. The molecular formula is C18H23N5O3. The molecule has 1 fully saturated rings. The van der Waals surface area contributed by atoms with Crippen molar-refractivity contribution < 1.29 is 4.74 Å². The number of aryl methyl sites for hydroxylation is 1. The smallest absolute Gasteiger partial charge is 0.332 e. The molecule has 1 saturated heterocycles. The molecule has 0 bridgehead atoms. The Labute approximate surface area is 151 Å². The molecule has 2 atom stereocenters. The zero-order chi connectivity index (χ0) is 18.3. The van der Waals surface area contributed by atoms with E-state index in [2.05, 4.69) is 15.0 Å². The first-order valence-electron chi connectivity index (χ1n) is 9.04. The summed E-state index contributed by atoms with van der Waals surface area (Å²) in [5, 5.41) is 4.50. The number of fused-ring (bicyclic) bond motifs is 3. The Bertz CT molecular complexity index is 935. The summed E-state index contributed by atoms with van der Waals surface area (Å²) in [4.78, 5) is 31.1. The van der Waals surface area contributed by atoms with Crippen LogP contribution in [-0.2, 0) is 19.6 Å². The topological polar surface area (TPSA) is 82.3 Å². The maximum absolute atomic E-state index is 12.4. The molecule has 138 valence electrons. The number of pyridine rings is 1. The van der Waals surface area contributed by atoms with E-state index in [1.807, 2.05) is 19.1 Å². The van der Waals surface area contributed by atoms with Crippen molar-refractivity contribution in [1.29, 1.82) is 0 Å². The van der Waals surface area contributed by atoms with Crippen LogP contribution in [0.25, 0.3) is 0 Å². The number of piperidine rings is 1. The molecule has 8 nitrogen and oxygen atoms in total. The summed E-state index contributed by atoms with van der Waals surface area (Å²) >= 11 is 0. The summed E-state index contributed by atoms with van der Waals surface area (Å²) in [6, 6.07) is 3.94. The van der Waals surface area contributed by atoms with Crippen LogP contribution in [0.3, 0.4) is 0 Å². The van der Waals surface area contributed by atoms with Crippen molar-refractivity contribution in [2.24, 2.45) is 5.92 Å². The van der Waals surface area contributed by atoms with Gasteiger partial charge in [0.1, 0.15) is 5.82 Å². The fourth-order valence-corrected chi connectivity index (χ4v) is 4.14. The summed E-state index contributed by atoms with van der Waals surface area (Å²) in [6.07, 6.45) is 2.71. The van der Waals surface area contributed by atoms with Gasteiger partial charge in [0, 0.05) is 43.9 Å². The van der Waals surface area contributed by atoms with Crippen molar-refractivity contribution in [3.8, 4) is 5.88 Å². The predicted molar refractivity (Wildman–Crippen MR) is 95.3 cm³/mol. The molecule has 0 saturated carbocycles. The highest BCUT2D eigenvalue weighted by molar-refractivity contribution is 5.25. The van der Waals surface area contributed by atoms with Crippen LogP contribution in [0, 0.1) is 5.92 Å². The monoisotopic (exact) mass is 357 g/mol. The van der Waals surface area contributed by atoms with Crippen LogP contribution in [0.1, 0.15) is 30.7 Å². The number of likely N-dealkylation sites (tertiary alicyclic amines) is 1. The Kier molecular flexibility index (Phi) is 4.36. The van der Waals surface area contributed by atoms with E-state index in [9.17, 15) is 9.59 Å². The van der Waals surface area contributed by atoms with Crippen molar-refractivity contribution in [2.75, 3.05) is 20.2 Å². The van der Waals surface area contributed by atoms with E-state index in [0.717, 1.165) is 37.4 Å². The molecule has 0 radical (unpaired) electrons. The molecule has 0 aromatic carbocycles. The van der Waals surface area contributed by atoms with Crippen LogP contribution in [-0.4, -0.2) is 44.4 Å². The minimum atomic E-state index is -0.521. The van der Waals surface area contributed by atoms with Gasteiger partial charge in [-0.3, -0.25) is 19.1 Å². The first kappa shape index (κ1) is 17.0. The second kappa shape index (κ2) is 6.68. The van der Waals surface area contributed by atoms with Crippen LogP contribution in [0.4, 0.5) is 0 Å². The first-order chi connectivity index (χ1) is 12.6. The molecule has 0 aliphatic carbocycles. The number of aromatic nitrogens is 4. The molecule has 2 unspecified atom stereocenters. The van der Waals surface area contributed by atoms with Gasteiger partial charge in [-0.25, -0.2) is 9.67 Å². The maximum Gasteiger partial charge on any atom is 0.332 e. The molecule has 0 amide bonds. The minimum Gasteiger partial charge on any atom is -0.481 e. The molecule has 2 aliphatic heterocycles. The maximum atomic E-state index is 12.4. The zero-order valence-electron chi connectivity index (χ0n) is 15.1. The molecule has 2 aliphatic rings. The van der Waals surface area contributed by atoms with Gasteiger partial charge >= 0.3 is 11.1 Å². The van der Waals surface area contributed by atoms with E-state index < -0.39 is 11.1 Å². The van der Waals surface area contributed by atoms with E-state index in [-0.39, 0.29) is 5.92 Å². The van der Waals surface area contributed by atoms with Crippen LogP contribution < -0.4 is 15.9 Å². The average Bonchev–Trinajstić information content (AvgIpc) is 3.03. The lowest BCUT2D eigenvalue weighted by molar-refractivity contribution is 0.156. The molecule has 4 heterocycles. The van der Waals surface area contributed by atoms with Crippen LogP contribution >= 0.6 is 0 Å². The van der Waals surface area contributed by atoms with Crippen molar-refractivity contribution >= 4 is 0 Å². The van der Waals surface area contributed by atoms with Gasteiger partial charge in [-0.2, -0.15) is 5.10 Å². The van der Waals surface area contributed by atoms with Crippen molar-refractivity contribution in [3.05, 3.63) is 50.4 Å². The Balaban J connectivity index is 1.61. The molecular weight excluding hydrogens is 334 g/mol. The van der Waals surface area contributed by atoms with Gasteiger partial charge < -0.3 is 4.74 Å². The second-order valence-corrected chi connectivity index (χ2v) is 6.96. The van der Waals surface area contributed by atoms with Gasteiger partial charge in [0.05, 0.1) is 7.11 Å². The van der Waals surface area contributed by atoms with Crippen molar-refractivity contribution in [3.63, 3.8) is 0 Å². The molecule has 2 aromatic heterocycles. The summed E-state index contributed by atoms with van der Waals surface area (Å²) in [5.74, 6) is 1.95. The Morgan fingerprint density at radius 3 is 2.88 bits per heavy atom. The second-order valence-electron chi connectivity index (χ2n) is 6.96. The number of hydrogen-bond donors (Lipinski definition) is 0. The number of hydrogen-bond acceptors (Lipinski definition) is 6. The third kappa shape index (κ3) is 2.74. The molecule has 26 heavy (non-hydrogen) atoms. The van der Waals surface area contributed by atoms with Gasteiger partial charge in [-0.15, -0.1) is 0 Å². The fourth-order valence-electron chi connectivity index (χ4n) is 4.14. The molecule has 4 rings (SSSR count). The first-order valence-corrected chi connectivity index (χ1v) is 9.04. The molecule has 0 N–H and O–H groups in total. The van der Waals surface area contributed by atoms with Gasteiger partial charge in [0.25, 0.3) is 0 Å². The SMILES string of the molecule is CCn1nc2n(c(=O)c1=O)CC1CCN(Cc3cccnc3OC)CC21. The normalized spacial score (nSPS) is 22.1. The third-order valence-corrected chi connectivity index (χ3v) is 5.49. The van der Waals surface area contributed by atoms with Crippen molar-refractivity contribution in [2.45, 2.75) is 38.9 Å². The van der Waals surface area contributed by atoms with E-state index >= 15 is 0 Å². The Morgan fingerprint density at radius 2 is 2.12 bits per heavy atom. The van der Waals surface area contributed by atoms with E-state index in [1.54, 1.807) is 17.9 Å². The highest BCUT2D eigenvalue weighted by atomic mass is 16.5. The number of ether oxygens (including phenoxy) is 1. The largest absolute Gasteiger partial charge is 0.481 e. The minimum absolute atomic E-state index is 0.178. The number of rotatable bonds is 4. The summed E-state index contributed by atoms with van der Waals surface area (Å²) in [7, 11) is 1.63. The predicted octanol–water partition coefficient (Wildman–Crippen LogP) is 0.448. The summed E-state index contributed by atoms with van der Waals surface area (Å²) < 4.78 is 8.24. The zero-order valence-corrected chi connectivity index (χ0v) is 15.1. The number of methoxy groups -OCH3 is 1. The molecule has 0 spiro atoms. The van der Waals surface area contributed by atoms with Crippen LogP contribution in [0.2, 0.25) is 0 Å². The fraction of sp³-hybridized carbons (Fsp3) is 0.556. The number of nitrogens with zero attached hydrogens (tertiary/aromatic N) is 5. The molecule has 2 aromatic rings. The highest BCUT2D eigenvalue weighted by Crippen LogP contribution is 2.37. The summed E-state index contributed by atoms with van der Waals surface area (Å²) in [5.41, 5.74) is 0.0916. The van der Waals surface area contributed by atoms with Gasteiger partial charge in [-0.05, 0) is 31.9 Å². The van der Waals surface area contributed by atoms with E-state index in [1.165, 1.54) is 4.68 Å². The van der Waals surface area contributed by atoms with E-state index in [0.29, 0.717) is 24.9 Å². The van der Waals surface area contributed by atoms with Gasteiger partial charge in [0.15, 0.2) is 0 Å². The lowest BCUT2D eigenvalue weighted by atomic mass is 9.87. The Morgan fingerprint density at radius 1 is 1.27 bits per heavy atom. The summed E-state index contributed by atoms with van der Waals surface area (Å²) in [6.45, 7) is 5.36. The van der Waals surface area contributed by atoms with Gasteiger partial charge in [0.2, 0.25) is 5.88 Å². The lowest BCUT2D eigenvalue weighted by Gasteiger charge is -2.34. The average molecular weight is 357 g/mol. The van der Waals surface area contributed by atoms with Crippen LogP contribution in [0.15, 0.2) is 27.9 Å². The molecule has 8 heteroatoms.